The smallest absolute Gasteiger partial charge is 0.430 e. The summed E-state index contributed by atoms with van der Waals surface area (Å²) in [6, 6.07) is 4.29. The zero-order valence-electron chi connectivity index (χ0n) is 27.4. The lowest BCUT2D eigenvalue weighted by molar-refractivity contribution is -0.137. The largest absolute Gasteiger partial charge is 0.444 e. The molecule has 0 aliphatic carbocycles. The minimum absolute atomic E-state index is 0.00946. The molecule has 1 aromatic heterocycles. The lowest BCUT2D eigenvalue weighted by Crippen LogP contribution is -2.41. The van der Waals surface area contributed by atoms with E-state index in [0.29, 0.717) is 0 Å². The molecule has 0 bridgehead atoms. The Labute approximate surface area is 285 Å². The molecule has 3 aromatic rings. The van der Waals surface area contributed by atoms with Gasteiger partial charge in [-0.15, -0.1) is 15.6 Å². The van der Waals surface area contributed by atoms with Crippen LogP contribution in [0.15, 0.2) is 46.1 Å². The van der Waals surface area contributed by atoms with Crippen LogP contribution in [-0.2, 0) is 25.7 Å². The zero-order valence-corrected chi connectivity index (χ0v) is 29.8. The molecule has 0 atom stereocenters. The number of nitrogens with one attached hydrogen (secondary N) is 1. The summed E-state index contributed by atoms with van der Waals surface area (Å²) in [5.74, 6) is -1.66. The number of nitrogens with zero attached hydrogens (tertiary/aromatic N) is 4. The fraction of sp³-hybridized carbons (Fsp3) is 0.433. The van der Waals surface area contributed by atoms with Crippen LogP contribution in [0.25, 0.3) is 0 Å². The number of aromatic nitrogens is 1. The molecule has 1 heterocycles. The van der Waals surface area contributed by atoms with Crippen molar-refractivity contribution in [1.82, 2.24) is 9.88 Å². The SMILES string of the molecule is CN(CCN(C)c1cc(C(F)(F)F)ccc1Nc1cc(F)c(S(=O)(=O)N(C(=O)OC(C)(C)C)c2cscn2)cc1Cl)C(=O)OC(C)(C)C. The molecule has 1 N–H and O–H groups in total. The minimum atomic E-state index is -4.98. The highest BCUT2D eigenvalue weighted by Gasteiger charge is 2.38. The second-order valence-corrected chi connectivity index (χ2v) is 15.4. The van der Waals surface area contributed by atoms with Gasteiger partial charge in [-0.3, -0.25) is 0 Å². The summed E-state index contributed by atoms with van der Waals surface area (Å²) in [4.78, 5) is 31.0. The van der Waals surface area contributed by atoms with Crippen LogP contribution in [0, 0.1) is 5.82 Å². The molecule has 0 fully saturated rings. The molecule has 11 nitrogen and oxygen atoms in total. The van der Waals surface area contributed by atoms with Crippen molar-refractivity contribution in [3.63, 3.8) is 0 Å². The Bertz CT molecular complexity index is 1740. The van der Waals surface area contributed by atoms with Gasteiger partial charge in [-0.2, -0.15) is 13.2 Å². The van der Waals surface area contributed by atoms with Crippen LogP contribution in [0.5, 0.6) is 0 Å². The third-order valence-electron chi connectivity index (χ3n) is 6.21. The molecule has 264 valence electrons. The topological polar surface area (TPSA) is 121 Å². The highest BCUT2D eigenvalue weighted by molar-refractivity contribution is 7.93. The zero-order chi connectivity index (χ0) is 36.4. The molecule has 0 aliphatic rings. The Kier molecular flexibility index (Phi) is 11.5. The first-order chi connectivity index (χ1) is 21.9. The molecule has 18 heteroatoms. The van der Waals surface area contributed by atoms with E-state index in [-0.39, 0.29) is 45.3 Å². The molecular weight excluding hydrogens is 702 g/mol. The van der Waals surface area contributed by atoms with Crippen molar-refractivity contribution in [1.29, 1.82) is 0 Å². The van der Waals surface area contributed by atoms with Gasteiger partial charge in [0.1, 0.15) is 21.9 Å². The number of ether oxygens (including phenoxy) is 2. The summed E-state index contributed by atoms with van der Waals surface area (Å²) >= 11 is 7.39. The predicted octanol–water partition coefficient (Wildman–Crippen LogP) is 8.13. The van der Waals surface area contributed by atoms with Crippen molar-refractivity contribution in [2.24, 2.45) is 0 Å². The Balaban J connectivity index is 1.99. The van der Waals surface area contributed by atoms with Gasteiger partial charge in [-0.05, 0) is 65.8 Å². The molecule has 0 radical (unpaired) electrons. The normalized spacial score (nSPS) is 12.4. The van der Waals surface area contributed by atoms with E-state index in [2.05, 4.69) is 10.3 Å². The van der Waals surface area contributed by atoms with Crippen LogP contribution in [0.2, 0.25) is 5.02 Å². The van der Waals surface area contributed by atoms with Gasteiger partial charge < -0.3 is 24.6 Å². The molecule has 0 saturated carbocycles. The molecule has 0 saturated heterocycles. The van der Waals surface area contributed by atoms with Gasteiger partial charge in [-0.25, -0.2) is 27.4 Å². The molecule has 0 aliphatic heterocycles. The molecule has 0 spiro atoms. The van der Waals surface area contributed by atoms with Gasteiger partial charge in [0.25, 0.3) is 10.0 Å². The molecule has 2 aromatic carbocycles. The van der Waals surface area contributed by atoms with Crippen LogP contribution < -0.4 is 14.5 Å². The number of carbonyl (C=O) groups is 2. The van der Waals surface area contributed by atoms with Crippen LogP contribution in [0.1, 0.15) is 47.1 Å². The van der Waals surface area contributed by atoms with Gasteiger partial charge >= 0.3 is 18.4 Å². The predicted molar refractivity (Wildman–Crippen MR) is 176 cm³/mol. The summed E-state index contributed by atoms with van der Waals surface area (Å²) < 4.78 is 94.7. The molecule has 0 unspecified atom stereocenters. The summed E-state index contributed by atoms with van der Waals surface area (Å²) in [7, 11) is -2.01. The van der Waals surface area contributed by atoms with E-state index in [1.807, 2.05) is 0 Å². The summed E-state index contributed by atoms with van der Waals surface area (Å²) in [5, 5.41) is 3.69. The maximum absolute atomic E-state index is 15.6. The van der Waals surface area contributed by atoms with Crippen molar-refractivity contribution >= 4 is 68.0 Å². The van der Waals surface area contributed by atoms with Crippen LogP contribution in [0.4, 0.5) is 50.0 Å². The first-order valence-electron chi connectivity index (χ1n) is 14.2. The lowest BCUT2D eigenvalue weighted by atomic mass is 10.1. The first-order valence-corrected chi connectivity index (χ1v) is 17.0. The standard InChI is InChI=1S/C30H36ClF4N5O6S2/c1-28(2,3)45-26(41)39(8)12-11-38(7)23-13-18(30(33,34)35)9-10-21(23)37-22-15-20(32)24(14-19(22)31)48(43,44)40(25-16-47-17-36-25)27(42)46-29(4,5)6/h9-10,13-17,37H,11-12H2,1-8H3. The number of benzene rings is 2. The van der Waals surface area contributed by atoms with Gasteiger partial charge in [0.05, 0.1) is 33.2 Å². The minimum Gasteiger partial charge on any atom is -0.444 e. The number of hydrogen-bond donors (Lipinski definition) is 1. The van der Waals surface area contributed by atoms with Crippen molar-refractivity contribution in [2.75, 3.05) is 41.7 Å². The van der Waals surface area contributed by atoms with Crippen molar-refractivity contribution < 1.29 is 45.0 Å². The van der Waals surface area contributed by atoms with E-state index in [9.17, 15) is 31.2 Å². The van der Waals surface area contributed by atoms with Crippen molar-refractivity contribution in [2.45, 2.75) is 63.8 Å². The quantitative estimate of drug-likeness (QED) is 0.217. The van der Waals surface area contributed by atoms with Gasteiger partial charge in [0.2, 0.25) is 0 Å². The van der Waals surface area contributed by atoms with Crippen molar-refractivity contribution in [3.8, 4) is 0 Å². The number of halogens is 5. The number of amides is 2. The van der Waals surface area contributed by atoms with Crippen LogP contribution >= 0.6 is 22.9 Å². The second-order valence-electron chi connectivity index (χ2n) is 12.5. The Hall–Kier alpha value is -3.83. The monoisotopic (exact) mass is 737 g/mol. The number of anilines is 4. The maximum atomic E-state index is 15.6. The maximum Gasteiger partial charge on any atom is 0.430 e. The van der Waals surface area contributed by atoms with Gasteiger partial charge in [0, 0.05) is 38.6 Å². The lowest BCUT2D eigenvalue weighted by Gasteiger charge is -2.28. The Morgan fingerprint density at radius 1 is 0.938 bits per heavy atom. The number of likely N-dealkylation sites (N-methyl/N-ethyl adjacent to an activating group) is 2. The highest BCUT2D eigenvalue weighted by atomic mass is 35.5. The number of thiazole rings is 1. The van der Waals surface area contributed by atoms with E-state index < -0.39 is 55.9 Å². The average molecular weight is 738 g/mol. The van der Waals surface area contributed by atoms with Gasteiger partial charge in [-0.1, -0.05) is 11.6 Å². The third-order valence-corrected chi connectivity index (χ3v) is 8.78. The van der Waals surface area contributed by atoms with Crippen LogP contribution in [-0.4, -0.2) is 68.9 Å². The fourth-order valence-corrected chi connectivity index (χ4v) is 6.18. The number of sulfonamides is 1. The fourth-order valence-electron chi connectivity index (χ4n) is 3.97. The molecule has 48 heavy (non-hydrogen) atoms. The highest BCUT2D eigenvalue weighted by Crippen LogP contribution is 2.39. The number of rotatable bonds is 9. The number of carbonyl (C=O) groups excluding carboxylic acids is 2. The first kappa shape index (κ1) is 38.6. The van der Waals surface area contributed by atoms with E-state index in [0.717, 1.165) is 41.7 Å². The molecular formula is C30H36ClF4N5O6S2. The van der Waals surface area contributed by atoms with Crippen LogP contribution in [0.3, 0.4) is 0 Å². The second kappa shape index (κ2) is 14.3. The average Bonchev–Trinajstić information content (AvgIpc) is 3.44. The Morgan fingerprint density at radius 2 is 1.54 bits per heavy atom. The summed E-state index contributed by atoms with van der Waals surface area (Å²) in [6.07, 6.45) is -6.66. The summed E-state index contributed by atoms with van der Waals surface area (Å²) in [5.41, 5.74) is -1.69. The molecule has 2 amide bonds. The van der Waals surface area contributed by atoms with Gasteiger partial charge in [0.15, 0.2) is 5.82 Å². The van der Waals surface area contributed by atoms with E-state index in [1.165, 1.54) is 55.6 Å². The molecule has 3 rings (SSSR count). The van der Waals surface area contributed by atoms with E-state index >= 15 is 4.39 Å². The third kappa shape index (κ3) is 9.85. The number of hydrogen-bond acceptors (Lipinski definition) is 10. The van der Waals surface area contributed by atoms with Crippen molar-refractivity contribution in [3.05, 3.63) is 57.6 Å². The number of alkyl halides is 3. The Morgan fingerprint density at radius 3 is 2.08 bits per heavy atom. The summed E-state index contributed by atoms with van der Waals surface area (Å²) in [6.45, 7) is 9.75. The van der Waals surface area contributed by atoms with E-state index in [1.54, 1.807) is 20.8 Å². The van der Waals surface area contributed by atoms with E-state index in [4.69, 9.17) is 21.1 Å².